The van der Waals surface area contributed by atoms with Gasteiger partial charge in [0, 0.05) is 30.2 Å². The topological polar surface area (TPSA) is 55.8 Å². The molecule has 0 unspecified atom stereocenters. The molecule has 5 nitrogen and oxygen atoms in total. The van der Waals surface area contributed by atoms with Crippen molar-refractivity contribution in [2.24, 2.45) is 0 Å². The average Bonchev–Trinajstić information content (AvgIpc) is 2.55. The number of methoxy groups -OCH3 is 2. The van der Waals surface area contributed by atoms with Gasteiger partial charge in [-0.1, -0.05) is 23.7 Å². The van der Waals surface area contributed by atoms with Crippen LogP contribution in [0.5, 0.6) is 11.5 Å². The molecule has 0 heterocycles. The first-order valence-corrected chi connectivity index (χ1v) is 8.63. The summed E-state index contributed by atoms with van der Waals surface area (Å²) >= 11 is 5.88. The van der Waals surface area contributed by atoms with E-state index >= 15 is 0 Å². The summed E-state index contributed by atoms with van der Waals surface area (Å²) in [6, 6.07) is 11.4. The first-order chi connectivity index (χ1) is 10.9. The van der Waals surface area contributed by atoms with Crippen LogP contribution in [0.15, 0.2) is 47.4 Å². The Morgan fingerprint density at radius 3 is 2.43 bits per heavy atom. The van der Waals surface area contributed by atoms with Gasteiger partial charge in [0.2, 0.25) is 10.0 Å². The van der Waals surface area contributed by atoms with Gasteiger partial charge in [0.05, 0.1) is 19.1 Å². The number of ether oxygens (including phenoxy) is 2. The van der Waals surface area contributed by atoms with Crippen LogP contribution in [-0.2, 0) is 16.6 Å². The summed E-state index contributed by atoms with van der Waals surface area (Å²) in [5, 5.41) is 0.376. The molecule has 0 aromatic heterocycles. The molecular formula is C16H18ClNO4S. The van der Waals surface area contributed by atoms with Gasteiger partial charge < -0.3 is 9.47 Å². The Hall–Kier alpha value is -1.76. The largest absolute Gasteiger partial charge is 0.497 e. The Labute approximate surface area is 141 Å². The molecule has 0 radical (unpaired) electrons. The summed E-state index contributed by atoms with van der Waals surface area (Å²) in [5.41, 5.74) is 0.737. The normalized spacial score (nSPS) is 11.5. The van der Waals surface area contributed by atoms with Crippen molar-refractivity contribution < 1.29 is 17.9 Å². The summed E-state index contributed by atoms with van der Waals surface area (Å²) < 4.78 is 36.9. The van der Waals surface area contributed by atoms with E-state index in [-0.39, 0.29) is 11.4 Å². The van der Waals surface area contributed by atoms with Crippen molar-refractivity contribution in [3.05, 3.63) is 53.1 Å². The molecule has 23 heavy (non-hydrogen) atoms. The third-order valence-electron chi connectivity index (χ3n) is 3.39. The zero-order valence-electron chi connectivity index (χ0n) is 13.1. The van der Waals surface area contributed by atoms with Crippen molar-refractivity contribution in [1.29, 1.82) is 0 Å². The van der Waals surface area contributed by atoms with Gasteiger partial charge in [-0.15, -0.1) is 0 Å². The van der Waals surface area contributed by atoms with Gasteiger partial charge in [-0.2, -0.15) is 4.31 Å². The van der Waals surface area contributed by atoms with Crippen molar-refractivity contribution in [3.8, 4) is 11.5 Å². The maximum absolute atomic E-state index is 12.6. The fraction of sp³-hybridized carbons (Fsp3) is 0.250. The highest BCUT2D eigenvalue weighted by Gasteiger charge is 2.22. The van der Waals surface area contributed by atoms with Crippen LogP contribution in [0.2, 0.25) is 5.02 Å². The van der Waals surface area contributed by atoms with Gasteiger partial charge in [-0.05, 0) is 24.3 Å². The van der Waals surface area contributed by atoms with Crippen molar-refractivity contribution in [2.75, 3.05) is 21.3 Å². The fourth-order valence-corrected chi connectivity index (χ4v) is 3.57. The predicted molar refractivity (Wildman–Crippen MR) is 89.7 cm³/mol. The number of nitrogens with zero attached hydrogens (tertiary/aromatic N) is 1. The number of sulfonamides is 1. The minimum Gasteiger partial charge on any atom is -0.497 e. The summed E-state index contributed by atoms with van der Waals surface area (Å²) in [5.74, 6) is 1.21. The number of hydrogen-bond donors (Lipinski definition) is 0. The lowest BCUT2D eigenvalue weighted by Gasteiger charge is -2.19. The zero-order chi connectivity index (χ0) is 17.0. The van der Waals surface area contributed by atoms with Gasteiger partial charge in [0.25, 0.3) is 0 Å². The molecule has 0 saturated heterocycles. The van der Waals surface area contributed by atoms with Crippen LogP contribution in [0.4, 0.5) is 0 Å². The Bertz CT molecular complexity index is 792. The molecule has 0 atom stereocenters. The minimum atomic E-state index is -3.64. The van der Waals surface area contributed by atoms with Crippen LogP contribution in [0.25, 0.3) is 0 Å². The smallest absolute Gasteiger partial charge is 0.243 e. The maximum atomic E-state index is 12.6. The minimum absolute atomic E-state index is 0.153. The number of hydrogen-bond acceptors (Lipinski definition) is 4. The number of rotatable bonds is 6. The van der Waals surface area contributed by atoms with E-state index in [1.54, 1.807) is 37.4 Å². The highest BCUT2D eigenvalue weighted by atomic mass is 35.5. The summed E-state index contributed by atoms with van der Waals surface area (Å²) in [7, 11) is 0.967. The molecule has 7 heteroatoms. The highest BCUT2D eigenvalue weighted by Crippen LogP contribution is 2.27. The van der Waals surface area contributed by atoms with Crippen molar-refractivity contribution in [2.45, 2.75) is 11.4 Å². The van der Waals surface area contributed by atoms with Crippen LogP contribution in [0, 0.1) is 0 Å². The number of halogens is 1. The Morgan fingerprint density at radius 1 is 1.09 bits per heavy atom. The predicted octanol–water partition coefficient (Wildman–Crippen LogP) is 3.18. The quantitative estimate of drug-likeness (QED) is 0.798. The SMILES string of the molecule is COc1ccc(CN(C)S(=O)(=O)c2cccc(Cl)c2)c(OC)c1. The first-order valence-electron chi connectivity index (χ1n) is 6.81. The van der Waals surface area contributed by atoms with E-state index in [0.717, 1.165) is 5.56 Å². The third-order valence-corrected chi connectivity index (χ3v) is 5.43. The van der Waals surface area contributed by atoms with Gasteiger partial charge in [-0.3, -0.25) is 0 Å². The van der Waals surface area contributed by atoms with Crippen LogP contribution in [0.3, 0.4) is 0 Å². The second kappa shape index (κ2) is 7.21. The molecule has 0 aliphatic carbocycles. The molecular weight excluding hydrogens is 338 g/mol. The molecule has 0 aliphatic heterocycles. The molecule has 0 spiro atoms. The number of benzene rings is 2. The molecule has 0 aliphatic rings. The molecule has 0 saturated carbocycles. The van der Waals surface area contributed by atoms with E-state index in [9.17, 15) is 8.42 Å². The molecule has 0 N–H and O–H groups in total. The van der Waals surface area contributed by atoms with E-state index in [2.05, 4.69) is 0 Å². The standard InChI is InChI=1S/C16H18ClNO4S/c1-18(23(19,20)15-6-4-5-13(17)9-15)11-12-7-8-14(21-2)10-16(12)22-3/h4-10H,11H2,1-3H3. The molecule has 2 aromatic carbocycles. The van der Waals surface area contributed by atoms with Crippen molar-refractivity contribution >= 4 is 21.6 Å². The maximum Gasteiger partial charge on any atom is 0.243 e. The van der Waals surface area contributed by atoms with Crippen LogP contribution in [0.1, 0.15) is 5.56 Å². The second-order valence-corrected chi connectivity index (χ2v) is 7.38. The third kappa shape index (κ3) is 3.96. The Morgan fingerprint density at radius 2 is 1.83 bits per heavy atom. The lowest BCUT2D eigenvalue weighted by Crippen LogP contribution is -2.26. The van der Waals surface area contributed by atoms with E-state index in [1.807, 2.05) is 0 Å². The lowest BCUT2D eigenvalue weighted by molar-refractivity contribution is 0.384. The van der Waals surface area contributed by atoms with E-state index in [4.69, 9.17) is 21.1 Å². The van der Waals surface area contributed by atoms with Crippen LogP contribution < -0.4 is 9.47 Å². The zero-order valence-corrected chi connectivity index (χ0v) is 14.7. The fourth-order valence-electron chi connectivity index (χ4n) is 2.11. The Kier molecular flexibility index (Phi) is 5.51. The van der Waals surface area contributed by atoms with Crippen molar-refractivity contribution in [3.63, 3.8) is 0 Å². The van der Waals surface area contributed by atoms with Crippen LogP contribution >= 0.6 is 11.6 Å². The van der Waals surface area contributed by atoms with Gasteiger partial charge in [0.1, 0.15) is 11.5 Å². The average molecular weight is 356 g/mol. The molecule has 2 rings (SSSR count). The molecule has 124 valence electrons. The van der Waals surface area contributed by atoms with E-state index < -0.39 is 10.0 Å². The van der Waals surface area contributed by atoms with Gasteiger partial charge in [0.15, 0.2) is 0 Å². The summed E-state index contributed by atoms with van der Waals surface area (Å²) in [4.78, 5) is 0.153. The van der Waals surface area contributed by atoms with E-state index in [1.165, 1.54) is 30.6 Å². The van der Waals surface area contributed by atoms with Gasteiger partial charge >= 0.3 is 0 Å². The molecule has 0 bridgehead atoms. The first kappa shape index (κ1) is 17.6. The second-order valence-electron chi connectivity index (χ2n) is 4.90. The summed E-state index contributed by atoms with van der Waals surface area (Å²) in [6.45, 7) is 0.169. The van der Waals surface area contributed by atoms with Crippen LogP contribution in [-0.4, -0.2) is 34.0 Å². The van der Waals surface area contributed by atoms with Gasteiger partial charge in [-0.25, -0.2) is 8.42 Å². The lowest BCUT2D eigenvalue weighted by atomic mass is 10.2. The summed E-state index contributed by atoms with van der Waals surface area (Å²) in [6.07, 6.45) is 0. The molecule has 0 amide bonds. The highest BCUT2D eigenvalue weighted by molar-refractivity contribution is 7.89. The monoisotopic (exact) mass is 355 g/mol. The molecule has 2 aromatic rings. The molecule has 0 fully saturated rings. The van der Waals surface area contributed by atoms with Crippen molar-refractivity contribution in [1.82, 2.24) is 4.31 Å². The van der Waals surface area contributed by atoms with E-state index in [0.29, 0.717) is 16.5 Å². The Balaban J connectivity index is 2.29.